The fraction of sp³-hybridized carbons (Fsp3) is 0.214. The monoisotopic (exact) mass is 278 g/mol. The van der Waals surface area contributed by atoms with Crippen molar-refractivity contribution in [2.75, 3.05) is 12.3 Å². The molecule has 0 spiro atoms. The lowest BCUT2D eigenvalue weighted by molar-refractivity contribution is 0.300. The topological polar surface area (TPSA) is 48.1 Å². The van der Waals surface area contributed by atoms with Crippen LogP contribution in [0.15, 0.2) is 46.5 Å². The Bertz CT molecular complexity index is 549. The van der Waals surface area contributed by atoms with Crippen LogP contribution in [0.3, 0.4) is 0 Å². The zero-order valence-electron chi connectivity index (χ0n) is 10.6. The van der Waals surface area contributed by atoms with Crippen molar-refractivity contribution >= 4 is 17.4 Å². The van der Waals surface area contributed by atoms with E-state index in [9.17, 15) is 4.39 Å². The fourth-order valence-corrected chi connectivity index (χ4v) is 2.35. The number of hydrogen-bond donors (Lipinski definition) is 1. The number of anilines is 1. The van der Waals surface area contributed by atoms with Crippen LogP contribution in [0.25, 0.3) is 0 Å². The highest BCUT2D eigenvalue weighted by Crippen LogP contribution is 2.35. The van der Waals surface area contributed by atoms with Gasteiger partial charge < -0.3 is 10.5 Å². The highest BCUT2D eigenvalue weighted by Gasteiger charge is 2.10. The molecule has 0 fully saturated rings. The van der Waals surface area contributed by atoms with Crippen LogP contribution < -0.4 is 10.5 Å². The van der Waals surface area contributed by atoms with E-state index in [0.29, 0.717) is 12.3 Å². The van der Waals surface area contributed by atoms with Gasteiger partial charge in [-0.3, -0.25) is 4.98 Å². The number of pyridine rings is 1. The second-order valence-electron chi connectivity index (χ2n) is 3.95. The quantitative estimate of drug-likeness (QED) is 0.846. The van der Waals surface area contributed by atoms with Crippen LogP contribution in [0, 0.1) is 5.82 Å². The number of hydrogen-bond acceptors (Lipinski definition) is 4. The van der Waals surface area contributed by atoms with E-state index < -0.39 is 5.82 Å². The molecule has 0 amide bonds. The van der Waals surface area contributed by atoms with Gasteiger partial charge in [0.25, 0.3) is 0 Å². The van der Waals surface area contributed by atoms with Gasteiger partial charge in [-0.1, -0.05) is 18.7 Å². The second kappa shape index (κ2) is 6.43. The summed E-state index contributed by atoms with van der Waals surface area (Å²) in [4.78, 5) is 5.72. The molecule has 0 aliphatic rings. The van der Waals surface area contributed by atoms with Crippen LogP contribution in [0.4, 0.5) is 10.1 Å². The van der Waals surface area contributed by atoms with E-state index in [1.807, 2.05) is 19.1 Å². The molecule has 0 unspecified atom stereocenters. The summed E-state index contributed by atoms with van der Waals surface area (Å²) in [6, 6.07) is 6.69. The molecule has 1 aromatic carbocycles. The summed E-state index contributed by atoms with van der Waals surface area (Å²) in [6.07, 6.45) is 4.24. The summed E-state index contributed by atoms with van der Waals surface area (Å²) in [5.74, 6) is -0.183. The molecule has 0 bridgehead atoms. The van der Waals surface area contributed by atoms with E-state index >= 15 is 0 Å². The van der Waals surface area contributed by atoms with Crippen molar-refractivity contribution in [3.8, 4) is 5.75 Å². The van der Waals surface area contributed by atoms with Crippen molar-refractivity contribution in [1.29, 1.82) is 0 Å². The molecule has 19 heavy (non-hydrogen) atoms. The Morgan fingerprint density at radius 2 is 2.05 bits per heavy atom. The van der Waals surface area contributed by atoms with Crippen molar-refractivity contribution < 1.29 is 9.13 Å². The first-order valence-electron chi connectivity index (χ1n) is 6.00. The highest BCUT2D eigenvalue weighted by atomic mass is 32.2. The molecule has 0 aliphatic heterocycles. The van der Waals surface area contributed by atoms with Crippen molar-refractivity contribution in [2.45, 2.75) is 23.1 Å². The number of benzene rings is 1. The van der Waals surface area contributed by atoms with E-state index in [1.54, 1.807) is 18.5 Å². The van der Waals surface area contributed by atoms with Crippen LogP contribution in [0.2, 0.25) is 0 Å². The number of nitrogens with two attached hydrogens (primary N) is 1. The third kappa shape index (κ3) is 3.61. The maximum absolute atomic E-state index is 13.7. The number of halogens is 1. The SMILES string of the molecule is CCCOc1cc(Sc2ccncc2)c(N)cc1F. The maximum atomic E-state index is 13.7. The lowest BCUT2D eigenvalue weighted by Crippen LogP contribution is -1.99. The molecule has 100 valence electrons. The van der Waals surface area contributed by atoms with Crippen molar-refractivity contribution in [1.82, 2.24) is 4.98 Å². The van der Waals surface area contributed by atoms with Gasteiger partial charge in [-0.25, -0.2) is 4.39 Å². The van der Waals surface area contributed by atoms with Crippen LogP contribution in [-0.4, -0.2) is 11.6 Å². The molecule has 0 aliphatic carbocycles. The molecule has 2 N–H and O–H groups in total. The number of nitrogens with zero attached hydrogens (tertiary/aromatic N) is 1. The largest absolute Gasteiger partial charge is 0.490 e. The average molecular weight is 278 g/mol. The molecule has 2 aromatic rings. The summed E-state index contributed by atoms with van der Waals surface area (Å²) in [5, 5.41) is 0. The maximum Gasteiger partial charge on any atom is 0.167 e. The number of nitrogen functional groups attached to an aromatic ring is 1. The Balaban J connectivity index is 2.24. The minimum absolute atomic E-state index is 0.243. The summed E-state index contributed by atoms with van der Waals surface area (Å²) in [6.45, 7) is 2.46. The van der Waals surface area contributed by atoms with Gasteiger partial charge in [-0.2, -0.15) is 0 Å². The normalized spacial score (nSPS) is 10.4. The van der Waals surface area contributed by atoms with E-state index in [4.69, 9.17) is 10.5 Å². The molecule has 3 nitrogen and oxygen atoms in total. The van der Waals surface area contributed by atoms with Crippen molar-refractivity contribution in [2.24, 2.45) is 0 Å². The van der Waals surface area contributed by atoms with E-state index in [0.717, 1.165) is 16.2 Å². The summed E-state index contributed by atoms with van der Waals surface area (Å²) in [7, 11) is 0. The third-order valence-corrected chi connectivity index (χ3v) is 3.48. The molecule has 0 atom stereocenters. The first-order chi connectivity index (χ1) is 9.20. The molecule has 2 rings (SSSR count). The average Bonchev–Trinajstić information content (AvgIpc) is 2.42. The second-order valence-corrected chi connectivity index (χ2v) is 5.07. The molecule has 0 saturated heterocycles. The van der Waals surface area contributed by atoms with Crippen LogP contribution in [0.5, 0.6) is 5.75 Å². The van der Waals surface area contributed by atoms with Gasteiger partial charge in [0.2, 0.25) is 0 Å². The molecule has 1 aromatic heterocycles. The molecule has 0 radical (unpaired) electrons. The molecular weight excluding hydrogens is 263 g/mol. The molecule has 1 heterocycles. The highest BCUT2D eigenvalue weighted by molar-refractivity contribution is 7.99. The van der Waals surface area contributed by atoms with Gasteiger partial charge in [0.15, 0.2) is 11.6 Å². The van der Waals surface area contributed by atoms with Crippen LogP contribution in [-0.2, 0) is 0 Å². The Labute approximate surface area is 116 Å². The predicted octanol–water partition coefficient (Wildman–Crippen LogP) is 3.74. The summed E-state index contributed by atoms with van der Waals surface area (Å²) < 4.78 is 19.0. The van der Waals surface area contributed by atoms with Crippen LogP contribution in [0.1, 0.15) is 13.3 Å². The van der Waals surface area contributed by atoms with Crippen molar-refractivity contribution in [3.05, 3.63) is 42.5 Å². The first-order valence-corrected chi connectivity index (χ1v) is 6.82. The van der Waals surface area contributed by atoms with Gasteiger partial charge in [0.1, 0.15) is 0 Å². The van der Waals surface area contributed by atoms with Gasteiger partial charge in [-0.05, 0) is 24.6 Å². The van der Waals surface area contributed by atoms with Crippen LogP contribution >= 0.6 is 11.8 Å². The Hall–Kier alpha value is -1.75. The summed E-state index contributed by atoms with van der Waals surface area (Å²) in [5.41, 5.74) is 6.24. The Morgan fingerprint density at radius 1 is 1.32 bits per heavy atom. The number of aromatic nitrogens is 1. The number of ether oxygens (including phenoxy) is 1. The zero-order chi connectivity index (χ0) is 13.7. The van der Waals surface area contributed by atoms with Gasteiger partial charge in [0.05, 0.1) is 6.61 Å². The van der Waals surface area contributed by atoms with E-state index in [2.05, 4.69) is 4.98 Å². The van der Waals surface area contributed by atoms with Crippen molar-refractivity contribution in [3.63, 3.8) is 0 Å². The predicted molar refractivity (Wildman–Crippen MR) is 75.0 cm³/mol. The lowest BCUT2D eigenvalue weighted by atomic mass is 10.3. The molecule has 5 heteroatoms. The van der Waals surface area contributed by atoms with E-state index in [1.165, 1.54) is 17.8 Å². The summed E-state index contributed by atoms with van der Waals surface area (Å²) >= 11 is 1.46. The van der Waals surface area contributed by atoms with Gasteiger partial charge in [-0.15, -0.1) is 0 Å². The van der Waals surface area contributed by atoms with Gasteiger partial charge >= 0.3 is 0 Å². The first kappa shape index (κ1) is 13.7. The van der Waals surface area contributed by atoms with E-state index in [-0.39, 0.29) is 5.75 Å². The molecule has 0 saturated carbocycles. The zero-order valence-corrected chi connectivity index (χ0v) is 11.4. The minimum atomic E-state index is -0.426. The lowest BCUT2D eigenvalue weighted by Gasteiger charge is -2.10. The smallest absolute Gasteiger partial charge is 0.167 e. The molecular formula is C14H15FN2OS. The van der Waals surface area contributed by atoms with Gasteiger partial charge in [0, 0.05) is 33.9 Å². The standard InChI is InChI=1S/C14H15FN2OS/c1-2-7-18-13-9-14(12(16)8-11(13)15)19-10-3-5-17-6-4-10/h3-6,8-9H,2,7,16H2,1H3. The number of rotatable bonds is 5. The Kier molecular flexibility index (Phi) is 4.63. The Morgan fingerprint density at radius 3 is 2.74 bits per heavy atom. The third-order valence-electron chi connectivity index (χ3n) is 2.40. The fourth-order valence-electron chi connectivity index (χ4n) is 1.49. The minimum Gasteiger partial charge on any atom is -0.490 e.